The molecule has 3 aliphatic rings. The average molecular weight is 252 g/mol. The number of hydrogen-bond acceptors (Lipinski definition) is 4. The van der Waals surface area contributed by atoms with Crippen LogP contribution in [0.25, 0.3) is 0 Å². The third-order valence-corrected chi connectivity index (χ3v) is 5.03. The zero-order chi connectivity index (χ0) is 12.9. The Morgan fingerprint density at radius 1 is 1.28 bits per heavy atom. The van der Waals surface area contributed by atoms with Crippen molar-refractivity contribution in [2.45, 2.75) is 51.2 Å². The first kappa shape index (κ1) is 12.2. The highest BCUT2D eigenvalue weighted by Gasteiger charge is 2.53. The Morgan fingerprint density at radius 3 is 2.78 bits per heavy atom. The Hall–Kier alpha value is -0.870. The molecular formula is C14H20O4. The molecule has 1 saturated heterocycles. The highest BCUT2D eigenvalue weighted by atomic mass is 16.5. The van der Waals surface area contributed by atoms with E-state index in [1.54, 1.807) is 0 Å². The van der Waals surface area contributed by atoms with Crippen LogP contribution in [0, 0.1) is 11.3 Å². The molecule has 1 heterocycles. The zero-order valence-corrected chi connectivity index (χ0v) is 10.7. The standard InChI is InChI=1S/C14H20O4/c1-14-7-18-11(15)6-10(14)13(17)12(16)8-4-2-3-5-9(8)14/h10,12-13,16-17H,2-7H2,1H3/t10-,12+,13-,14+/m1/s1. The van der Waals surface area contributed by atoms with E-state index in [4.69, 9.17) is 4.74 Å². The fourth-order valence-corrected chi connectivity index (χ4v) is 3.94. The quantitative estimate of drug-likeness (QED) is 0.501. The second-order valence-electron chi connectivity index (χ2n) is 6.04. The summed E-state index contributed by atoms with van der Waals surface area (Å²) in [5.74, 6) is -0.464. The molecule has 0 aromatic carbocycles. The molecule has 4 heteroatoms. The fraction of sp³-hybridized carbons (Fsp3) is 0.786. The van der Waals surface area contributed by atoms with E-state index < -0.39 is 12.2 Å². The van der Waals surface area contributed by atoms with Gasteiger partial charge in [-0.05, 0) is 31.3 Å². The van der Waals surface area contributed by atoms with E-state index in [0.717, 1.165) is 31.3 Å². The highest BCUT2D eigenvalue weighted by Crippen LogP contribution is 2.52. The van der Waals surface area contributed by atoms with Crippen LogP contribution in [0.4, 0.5) is 0 Å². The minimum Gasteiger partial charge on any atom is -0.465 e. The summed E-state index contributed by atoms with van der Waals surface area (Å²) in [6.07, 6.45) is 2.61. The molecule has 0 aromatic heterocycles. The Kier molecular flexibility index (Phi) is 2.75. The first-order chi connectivity index (χ1) is 8.54. The molecule has 100 valence electrons. The van der Waals surface area contributed by atoms with Gasteiger partial charge in [-0.1, -0.05) is 12.5 Å². The second kappa shape index (κ2) is 4.07. The van der Waals surface area contributed by atoms with Gasteiger partial charge in [0.2, 0.25) is 0 Å². The van der Waals surface area contributed by atoms with Crippen molar-refractivity contribution in [2.75, 3.05) is 6.61 Å². The van der Waals surface area contributed by atoms with Crippen molar-refractivity contribution >= 4 is 5.97 Å². The van der Waals surface area contributed by atoms with Crippen LogP contribution in [-0.2, 0) is 9.53 Å². The van der Waals surface area contributed by atoms with E-state index in [1.807, 2.05) is 0 Å². The molecule has 2 aliphatic carbocycles. The van der Waals surface area contributed by atoms with Gasteiger partial charge in [-0.2, -0.15) is 0 Å². The van der Waals surface area contributed by atoms with Crippen molar-refractivity contribution in [3.63, 3.8) is 0 Å². The monoisotopic (exact) mass is 252 g/mol. The molecule has 2 N–H and O–H groups in total. The number of carbonyl (C=O) groups is 1. The maximum atomic E-state index is 11.4. The first-order valence-corrected chi connectivity index (χ1v) is 6.78. The lowest BCUT2D eigenvalue weighted by atomic mass is 9.58. The number of hydrogen-bond donors (Lipinski definition) is 2. The Labute approximate surface area is 107 Å². The molecule has 0 radical (unpaired) electrons. The van der Waals surface area contributed by atoms with Gasteiger partial charge in [0.25, 0.3) is 0 Å². The third-order valence-electron chi connectivity index (χ3n) is 5.03. The lowest BCUT2D eigenvalue weighted by molar-refractivity contribution is -0.167. The van der Waals surface area contributed by atoms with E-state index in [2.05, 4.69) is 6.92 Å². The minimum atomic E-state index is -0.834. The van der Waals surface area contributed by atoms with Crippen LogP contribution in [-0.4, -0.2) is 35.0 Å². The molecule has 3 rings (SSSR count). The fourth-order valence-electron chi connectivity index (χ4n) is 3.94. The molecule has 1 aliphatic heterocycles. The van der Waals surface area contributed by atoms with Crippen LogP contribution >= 0.6 is 0 Å². The largest absolute Gasteiger partial charge is 0.465 e. The second-order valence-corrected chi connectivity index (χ2v) is 6.04. The van der Waals surface area contributed by atoms with Gasteiger partial charge in [0.1, 0.15) is 12.7 Å². The van der Waals surface area contributed by atoms with Gasteiger partial charge in [0.05, 0.1) is 12.5 Å². The van der Waals surface area contributed by atoms with Crippen LogP contribution in [0.1, 0.15) is 39.0 Å². The molecular weight excluding hydrogens is 232 g/mol. The molecule has 0 saturated carbocycles. The number of rotatable bonds is 0. The number of esters is 1. The minimum absolute atomic E-state index is 0.203. The summed E-state index contributed by atoms with van der Waals surface area (Å²) in [5, 5.41) is 20.6. The zero-order valence-electron chi connectivity index (χ0n) is 10.7. The van der Waals surface area contributed by atoms with Gasteiger partial charge in [0.15, 0.2) is 0 Å². The summed E-state index contributed by atoms with van der Waals surface area (Å²) < 4.78 is 5.22. The third kappa shape index (κ3) is 1.55. The highest BCUT2D eigenvalue weighted by molar-refractivity contribution is 5.71. The first-order valence-electron chi connectivity index (χ1n) is 6.78. The average Bonchev–Trinajstić information content (AvgIpc) is 2.39. The van der Waals surface area contributed by atoms with Gasteiger partial charge >= 0.3 is 5.97 Å². The number of cyclic esters (lactones) is 1. The maximum absolute atomic E-state index is 11.4. The molecule has 18 heavy (non-hydrogen) atoms. The Balaban J connectivity index is 2.07. The molecule has 0 spiro atoms. The summed E-state index contributed by atoms with van der Waals surface area (Å²) in [6.45, 7) is 2.42. The van der Waals surface area contributed by atoms with Crippen molar-refractivity contribution in [3.8, 4) is 0 Å². The number of aliphatic hydroxyl groups is 2. The van der Waals surface area contributed by atoms with Gasteiger partial charge in [-0.25, -0.2) is 0 Å². The van der Waals surface area contributed by atoms with Crippen LogP contribution in [0.5, 0.6) is 0 Å². The summed E-state index contributed by atoms with van der Waals surface area (Å²) in [5.41, 5.74) is 1.97. The molecule has 4 nitrogen and oxygen atoms in total. The maximum Gasteiger partial charge on any atom is 0.306 e. The van der Waals surface area contributed by atoms with Gasteiger partial charge < -0.3 is 14.9 Å². The SMILES string of the molecule is C[C@@]12COC(=O)C[C@@H]1[C@@H](O)[C@@H](O)C1=C2CCCC1. The Bertz CT molecular complexity index is 414. The molecule has 0 amide bonds. The van der Waals surface area contributed by atoms with Crippen molar-refractivity contribution in [1.82, 2.24) is 0 Å². The number of carbonyl (C=O) groups excluding carboxylic acids is 1. The van der Waals surface area contributed by atoms with E-state index >= 15 is 0 Å². The van der Waals surface area contributed by atoms with Gasteiger partial charge in [0, 0.05) is 11.3 Å². The molecule has 0 bridgehead atoms. The predicted octanol–water partition coefficient (Wildman–Crippen LogP) is 1.16. The van der Waals surface area contributed by atoms with E-state index in [-0.39, 0.29) is 23.7 Å². The van der Waals surface area contributed by atoms with E-state index in [1.165, 1.54) is 5.57 Å². The summed E-state index contributed by atoms with van der Waals surface area (Å²) in [4.78, 5) is 11.4. The summed E-state index contributed by atoms with van der Waals surface area (Å²) >= 11 is 0. The van der Waals surface area contributed by atoms with E-state index in [9.17, 15) is 15.0 Å². The van der Waals surface area contributed by atoms with Crippen molar-refractivity contribution in [1.29, 1.82) is 0 Å². The summed E-state index contributed by atoms with van der Waals surface area (Å²) in [7, 11) is 0. The van der Waals surface area contributed by atoms with Crippen molar-refractivity contribution < 1.29 is 19.7 Å². The number of aliphatic hydroxyl groups excluding tert-OH is 2. The lowest BCUT2D eigenvalue weighted by Gasteiger charge is -2.51. The van der Waals surface area contributed by atoms with Crippen molar-refractivity contribution in [3.05, 3.63) is 11.1 Å². The van der Waals surface area contributed by atoms with Crippen LogP contribution < -0.4 is 0 Å². The predicted molar refractivity (Wildman–Crippen MR) is 64.7 cm³/mol. The molecule has 0 unspecified atom stereocenters. The number of fused-ring (bicyclic) bond motifs is 2. The van der Waals surface area contributed by atoms with Gasteiger partial charge in [-0.3, -0.25) is 4.79 Å². The normalized spacial score (nSPS) is 44.2. The van der Waals surface area contributed by atoms with Crippen molar-refractivity contribution in [2.24, 2.45) is 11.3 Å². The molecule has 1 fully saturated rings. The van der Waals surface area contributed by atoms with Crippen LogP contribution in [0.15, 0.2) is 11.1 Å². The summed E-state index contributed by atoms with van der Waals surface area (Å²) in [6, 6.07) is 0. The lowest BCUT2D eigenvalue weighted by Crippen LogP contribution is -2.55. The van der Waals surface area contributed by atoms with Crippen LogP contribution in [0.2, 0.25) is 0 Å². The molecule has 0 aromatic rings. The number of ether oxygens (including phenoxy) is 1. The molecule has 4 atom stereocenters. The van der Waals surface area contributed by atoms with E-state index in [0.29, 0.717) is 6.61 Å². The Morgan fingerprint density at radius 2 is 2.00 bits per heavy atom. The van der Waals surface area contributed by atoms with Crippen LogP contribution in [0.3, 0.4) is 0 Å². The topological polar surface area (TPSA) is 66.8 Å². The van der Waals surface area contributed by atoms with Gasteiger partial charge in [-0.15, -0.1) is 0 Å². The smallest absolute Gasteiger partial charge is 0.306 e.